The summed E-state index contributed by atoms with van der Waals surface area (Å²) in [4.78, 5) is 39.6. The van der Waals surface area contributed by atoms with E-state index in [0.717, 1.165) is 0 Å². The average Bonchev–Trinajstić information content (AvgIpc) is 3.20. The second-order valence-electron chi connectivity index (χ2n) is 13.9. The predicted octanol–water partition coefficient (Wildman–Crippen LogP) is 1.22. The molecule has 1 aliphatic heterocycles. The lowest BCUT2D eigenvalue weighted by atomic mass is 9.77. The van der Waals surface area contributed by atoms with Crippen molar-refractivity contribution in [2.24, 2.45) is 5.92 Å². The van der Waals surface area contributed by atoms with E-state index in [1.165, 1.54) is 59.5 Å². The van der Waals surface area contributed by atoms with Crippen molar-refractivity contribution in [3.8, 4) is 16.9 Å². The van der Waals surface area contributed by atoms with Crippen LogP contribution >= 0.6 is 0 Å². The maximum atomic E-state index is 13.8. The molecule has 1 fully saturated rings. The number of nitrogens with one attached hydrogen (secondary N) is 2. The molecule has 310 valence electrons. The maximum Gasteiger partial charge on any atom is 0.294 e. The van der Waals surface area contributed by atoms with Crippen molar-refractivity contribution in [3.63, 3.8) is 0 Å². The van der Waals surface area contributed by atoms with Crippen molar-refractivity contribution in [3.05, 3.63) is 114 Å². The lowest BCUT2D eigenvalue weighted by Crippen LogP contribution is -2.55. The van der Waals surface area contributed by atoms with Crippen LogP contribution in [0.4, 0.5) is 10.1 Å². The van der Waals surface area contributed by atoms with Gasteiger partial charge in [0, 0.05) is 24.3 Å². The molecule has 4 aromatic carbocycles. The van der Waals surface area contributed by atoms with E-state index in [1.54, 1.807) is 36.4 Å². The Morgan fingerprint density at radius 1 is 0.793 bits per heavy atom. The lowest BCUT2D eigenvalue weighted by molar-refractivity contribution is -0.132. The molecule has 3 amide bonds. The van der Waals surface area contributed by atoms with Crippen LogP contribution in [-0.2, 0) is 31.0 Å². The molecule has 10 N–H and O–H groups in total. The van der Waals surface area contributed by atoms with Crippen LogP contribution in [0.3, 0.4) is 0 Å². The minimum atomic E-state index is -4.41. The number of aliphatic hydroxyl groups excluding tert-OH is 6. The maximum absolute atomic E-state index is 13.8. The van der Waals surface area contributed by atoms with Crippen LogP contribution < -0.4 is 15.5 Å². The summed E-state index contributed by atoms with van der Waals surface area (Å²) in [6.45, 7) is -1.42. The molecule has 7 atom stereocenters. The third-order valence-corrected chi connectivity index (χ3v) is 10.8. The van der Waals surface area contributed by atoms with Crippen LogP contribution in [0.2, 0.25) is 0 Å². The molecule has 1 heterocycles. The highest BCUT2D eigenvalue weighted by Crippen LogP contribution is 2.49. The molecule has 18 heteroatoms. The fraction of sp³-hybridized carbons (Fsp3) is 0.325. The van der Waals surface area contributed by atoms with Gasteiger partial charge < -0.3 is 51.3 Å². The van der Waals surface area contributed by atoms with Gasteiger partial charge in [0.05, 0.1) is 35.7 Å². The average molecular weight is 826 g/mol. The molecule has 58 heavy (non-hydrogen) atoms. The molecule has 16 nitrogen and oxygen atoms in total. The zero-order valence-electron chi connectivity index (χ0n) is 30.8. The van der Waals surface area contributed by atoms with Gasteiger partial charge in [-0.25, -0.2) is 4.39 Å². The Kier molecular flexibility index (Phi) is 14.3. The number of phenols is 1. The van der Waals surface area contributed by atoms with Gasteiger partial charge in [-0.3, -0.25) is 18.9 Å². The Bertz CT molecular complexity index is 2170. The fourth-order valence-corrected chi connectivity index (χ4v) is 7.08. The first kappa shape index (κ1) is 43.8. The first-order valence-corrected chi connectivity index (χ1v) is 19.5. The monoisotopic (exact) mass is 825 g/mol. The van der Waals surface area contributed by atoms with Gasteiger partial charge in [-0.1, -0.05) is 48.5 Å². The van der Waals surface area contributed by atoms with Gasteiger partial charge in [-0.05, 0) is 77.6 Å². The molecule has 0 aliphatic carbocycles. The standard InChI is InChI=1S/C40H44FN3O13S/c41-26-8-3-24(4-9-26)31(46)16-15-30-37(29-14-7-25(17-32(29)47)23-5-12-28(13-6-23)58(55,56)57)44(40(30)54)27-10-1-22(2-11-27)19-42-35(50)18-36(51)43-20-33(48)38(52)39(53)34(49)21-45/h1-14,17,30-31,33-34,37-39,45-49,52-53H,15-16,18-21H2,(H,42,50)(H,43,51)(H,55,56,57)/t30-,31+,33+,34-,37-,38-,39-/m1/s1. The molecule has 1 aliphatic rings. The quantitative estimate of drug-likeness (QED) is 0.0385. The van der Waals surface area contributed by atoms with Crippen LogP contribution in [0.25, 0.3) is 11.1 Å². The lowest BCUT2D eigenvalue weighted by Gasteiger charge is -2.48. The number of phenolic OH excluding ortho intramolecular Hbond substituents is 1. The molecule has 0 unspecified atom stereocenters. The van der Waals surface area contributed by atoms with E-state index in [0.29, 0.717) is 33.5 Å². The van der Waals surface area contributed by atoms with Gasteiger partial charge >= 0.3 is 0 Å². The molecule has 5 rings (SSSR count). The number of carbonyl (C=O) groups excluding carboxylic acids is 3. The molecule has 4 aromatic rings. The van der Waals surface area contributed by atoms with Gasteiger partial charge in [0.1, 0.15) is 36.3 Å². The molecule has 0 radical (unpaired) electrons. The van der Waals surface area contributed by atoms with E-state index in [2.05, 4.69) is 10.6 Å². The van der Waals surface area contributed by atoms with Gasteiger partial charge in [0.2, 0.25) is 17.7 Å². The Labute approximate surface area is 332 Å². The van der Waals surface area contributed by atoms with Crippen LogP contribution in [0, 0.1) is 11.7 Å². The highest BCUT2D eigenvalue weighted by molar-refractivity contribution is 7.85. The third kappa shape index (κ3) is 10.6. The first-order valence-electron chi connectivity index (χ1n) is 18.1. The van der Waals surface area contributed by atoms with E-state index in [-0.39, 0.29) is 35.9 Å². The van der Waals surface area contributed by atoms with Crippen molar-refractivity contribution in [1.82, 2.24) is 10.6 Å². The summed E-state index contributed by atoms with van der Waals surface area (Å²) in [6.07, 6.45) is -8.43. The highest BCUT2D eigenvalue weighted by Gasteiger charge is 2.49. The predicted molar refractivity (Wildman–Crippen MR) is 205 cm³/mol. The zero-order valence-corrected chi connectivity index (χ0v) is 31.6. The van der Waals surface area contributed by atoms with Gasteiger partial charge in [0.25, 0.3) is 10.1 Å². The van der Waals surface area contributed by atoms with E-state index in [9.17, 15) is 62.4 Å². The van der Waals surface area contributed by atoms with Crippen molar-refractivity contribution in [2.45, 2.75) is 67.3 Å². The van der Waals surface area contributed by atoms with E-state index < -0.39 is 89.8 Å². The third-order valence-electron chi connectivity index (χ3n) is 9.91. The van der Waals surface area contributed by atoms with Gasteiger partial charge in [-0.15, -0.1) is 0 Å². The molecule has 1 saturated heterocycles. The topological polar surface area (TPSA) is 274 Å². The number of anilines is 1. The van der Waals surface area contributed by atoms with E-state index in [1.807, 2.05) is 0 Å². The molecular formula is C40H44FN3O13S. The van der Waals surface area contributed by atoms with E-state index >= 15 is 0 Å². The number of amides is 3. The smallest absolute Gasteiger partial charge is 0.294 e. The van der Waals surface area contributed by atoms with Crippen molar-refractivity contribution < 1.29 is 67.5 Å². The molecule has 0 aromatic heterocycles. The molecule has 0 bridgehead atoms. The summed E-state index contributed by atoms with van der Waals surface area (Å²) in [5.41, 5.74) is 3.01. The van der Waals surface area contributed by atoms with Gasteiger partial charge in [0.15, 0.2) is 0 Å². The molecule has 0 spiro atoms. The van der Waals surface area contributed by atoms with Crippen LogP contribution in [-0.4, -0.2) is 104 Å². The minimum absolute atomic E-state index is 0.00624. The summed E-state index contributed by atoms with van der Waals surface area (Å²) in [5, 5.41) is 74.8. The Balaban J connectivity index is 1.26. The second kappa shape index (κ2) is 19.0. The molecule has 0 saturated carbocycles. The first-order chi connectivity index (χ1) is 27.5. The SMILES string of the molecule is O=C(CC(=O)NC[C@H](O)[C@@H](O)[C@H](O)[C@H](O)CO)NCc1ccc(N2C(=O)[C@H](CC[C@H](O)c3ccc(F)cc3)[C@H]2c2ccc(-c3ccc(S(=O)(=O)O)cc3)cc2O)cc1. The number of hydrogen-bond donors (Lipinski definition) is 10. The van der Waals surface area contributed by atoms with Crippen molar-refractivity contribution >= 4 is 33.5 Å². The Morgan fingerprint density at radius 2 is 1.40 bits per heavy atom. The summed E-state index contributed by atoms with van der Waals surface area (Å²) >= 11 is 0. The van der Waals surface area contributed by atoms with Crippen LogP contribution in [0.1, 0.15) is 48.1 Å². The Hall–Kier alpha value is -5.31. The number of halogens is 1. The van der Waals surface area contributed by atoms with Crippen LogP contribution in [0.15, 0.2) is 95.9 Å². The number of aliphatic hydroxyl groups is 6. The number of β-lactam (4-membered cyclic amide) rings is 1. The van der Waals surface area contributed by atoms with Crippen molar-refractivity contribution in [1.29, 1.82) is 0 Å². The number of benzene rings is 4. The Morgan fingerprint density at radius 3 is 2.00 bits per heavy atom. The molecular weight excluding hydrogens is 782 g/mol. The number of rotatable bonds is 18. The largest absolute Gasteiger partial charge is 0.508 e. The number of carbonyl (C=O) groups is 3. The summed E-state index contributed by atoms with van der Waals surface area (Å²) in [6, 6.07) is 21.4. The van der Waals surface area contributed by atoms with Gasteiger partial charge in [-0.2, -0.15) is 8.42 Å². The summed E-state index contributed by atoms with van der Waals surface area (Å²) in [5.74, 6) is -3.06. The number of aromatic hydroxyl groups is 1. The number of hydrogen-bond acceptors (Lipinski definition) is 12. The van der Waals surface area contributed by atoms with Crippen LogP contribution in [0.5, 0.6) is 5.75 Å². The zero-order chi connectivity index (χ0) is 42.3. The normalized spacial score (nSPS) is 18.1. The fourth-order valence-electron chi connectivity index (χ4n) is 6.60. The van der Waals surface area contributed by atoms with E-state index in [4.69, 9.17) is 5.11 Å². The van der Waals surface area contributed by atoms with Crippen molar-refractivity contribution in [2.75, 3.05) is 18.1 Å². The minimum Gasteiger partial charge on any atom is -0.508 e. The summed E-state index contributed by atoms with van der Waals surface area (Å²) in [7, 11) is -4.41. The highest BCUT2D eigenvalue weighted by atomic mass is 32.2. The summed E-state index contributed by atoms with van der Waals surface area (Å²) < 4.78 is 45.8. The second-order valence-corrected chi connectivity index (χ2v) is 15.3. The number of nitrogens with zero attached hydrogens (tertiary/aromatic N) is 1.